The van der Waals surface area contributed by atoms with E-state index in [9.17, 15) is 4.79 Å². The van der Waals surface area contributed by atoms with Crippen molar-refractivity contribution in [3.8, 4) is 0 Å². The van der Waals surface area contributed by atoms with Gasteiger partial charge in [-0.05, 0) is 37.1 Å². The number of amides is 1. The summed E-state index contributed by atoms with van der Waals surface area (Å²) >= 11 is 0. The van der Waals surface area contributed by atoms with E-state index in [4.69, 9.17) is 10.5 Å². The van der Waals surface area contributed by atoms with E-state index in [-0.39, 0.29) is 23.5 Å². The minimum Gasteiger partial charge on any atom is -0.381 e. The second-order valence-corrected chi connectivity index (χ2v) is 6.05. The van der Waals surface area contributed by atoms with E-state index >= 15 is 0 Å². The van der Waals surface area contributed by atoms with Crippen LogP contribution in [0.1, 0.15) is 36.2 Å². The number of nitrogens with one attached hydrogen (secondary N) is 1. The lowest BCUT2D eigenvalue weighted by molar-refractivity contribution is -0.0942. The van der Waals surface area contributed by atoms with Crippen molar-refractivity contribution in [2.75, 3.05) is 13.7 Å². The molecule has 0 bridgehead atoms. The van der Waals surface area contributed by atoms with Crippen LogP contribution in [0.25, 0.3) is 0 Å². The fourth-order valence-corrected chi connectivity index (χ4v) is 2.81. The Morgan fingerprint density at radius 2 is 2.25 bits per heavy atom. The van der Waals surface area contributed by atoms with Crippen LogP contribution in [0, 0.1) is 5.41 Å². The van der Waals surface area contributed by atoms with E-state index in [1.807, 2.05) is 24.3 Å². The summed E-state index contributed by atoms with van der Waals surface area (Å²) in [7, 11) is 1.72. The normalized spacial score (nSPS) is 24.0. The average molecular weight is 276 g/mol. The summed E-state index contributed by atoms with van der Waals surface area (Å²) < 4.78 is 5.40. The molecule has 2 unspecified atom stereocenters. The van der Waals surface area contributed by atoms with Gasteiger partial charge in [-0.1, -0.05) is 26.0 Å². The van der Waals surface area contributed by atoms with Gasteiger partial charge in [-0.2, -0.15) is 0 Å². The maximum Gasteiger partial charge on any atom is 0.251 e. The van der Waals surface area contributed by atoms with E-state index in [2.05, 4.69) is 19.2 Å². The van der Waals surface area contributed by atoms with Gasteiger partial charge in [0.1, 0.15) is 0 Å². The summed E-state index contributed by atoms with van der Waals surface area (Å²) in [5.74, 6) is -0.0171. The molecule has 1 aliphatic carbocycles. The molecule has 110 valence electrons. The summed E-state index contributed by atoms with van der Waals surface area (Å²) in [5.41, 5.74) is 7.34. The van der Waals surface area contributed by atoms with E-state index in [1.54, 1.807) is 7.11 Å². The fourth-order valence-electron chi connectivity index (χ4n) is 2.81. The van der Waals surface area contributed by atoms with Crippen LogP contribution in [-0.4, -0.2) is 31.7 Å². The predicted molar refractivity (Wildman–Crippen MR) is 79.6 cm³/mol. The zero-order valence-electron chi connectivity index (χ0n) is 12.5. The second kappa shape index (κ2) is 5.94. The quantitative estimate of drug-likeness (QED) is 0.861. The molecule has 20 heavy (non-hydrogen) atoms. The molecule has 0 heterocycles. The number of hydrogen-bond acceptors (Lipinski definition) is 3. The number of rotatable bonds is 5. The number of benzene rings is 1. The molecule has 0 saturated heterocycles. The molecule has 1 aromatic carbocycles. The molecular weight excluding hydrogens is 252 g/mol. The summed E-state index contributed by atoms with van der Waals surface area (Å²) in [5, 5.41) is 3.11. The summed E-state index contributed by atoms with van der Waals surface area (Å²) in [4.78, 5) is 12.3. The molecule has 0 radical (unpaired) electrons. The third-order valence-electron chi connectivity index (χ3n) is 4.39. The molecule has 1 aromatic rings. The standard InChI is InChI=1S/C16H24N2O2/c1-16(2)13(10-14(16)20-3)18-15(19)12-6-4-5-11(9-12)7-8-17/h4-6,9,13-14H,7-8,10,17H2,1-3H3,(H,18,19). The van der Waals surface area contributed by atoms with E-state index in [0.29, 0.717) is 12.1 Å². The molecule has 0 aliphatic heterocycles. The Hall–Kier alpha value is -1.39. The number of carbonyl (C=O) groups is 1. The van der Waals surface area contributed by atoms with Crippen molar-refractivity contribution in [2.24, 2.45) is 11.1 Å². The number of carbonyl (C=O) groups excluding carboxylic acids is 1. The van der Waals surface area contributed by atoms with Gasteiger partial charge in [0, 0.05) is 24.1 Å². The third kappa shape index (κ3) is 2.86. The average Bonchev–Trinajstić information content (AvgIpc) is 2.43. The monoisotopic (exact) mass is 276 g/mol. The topological polar surface area (TPSA) is 64.3 Å². The largest absolute Gasteiger partial charge is 0.381 e. The highest BCUT2D eigenvalue weighted by Crippen LogP contribution is 2.42. The Kier molecular flexibility index (Phi) is 4.45. The van der Waals surface area contributed by atoms with Gasteiger partial charge < -0.3 is 15.8 Å². The first kappa shape index (κ1) is 15.0. The summed E-state index contributed by atoms with van der Waals surface area (Å²) in [6, 6.07) is 7.83. The van der Waals surface area contributed by atoms with Crippen molar-refractivity contribution in [3.63, 3.8) is 0 Å². The lowest BCUT2D eigenvalue weighted by Gasteiger charge is -2.51. The summed E-state index contributed by atoms with van der Waals surface area (Å²) in [6.07, 6.45) is 1.89. The van der Waals surface area contributed by atoms with Gasteiger partial charge in [0.25, 0.3) is 5.91 Å². The van der Waals surface area contributed by atoms with Crippen molar-refractivity contribution in [1.82, 2.24) is 5.32 Å². The van der Waals surface area contributed by atoms with Gasteiger partial charge in [-0.3, -0.25) is 4.79 Å². The van der Waals surface area contributed by atoms with E-state index < -0.39 is 0 Å². The van der Waals surface area contributed by atoms with Crippen LogP contribution in [0.3, 0.4) is 0 Å². The van der Waals surface area contributed by atoms with Crippen LogP contribution in [0.4, 0.5) is 0 Å². The van der Waals surface area contributed by atoms with Gasteiger partial charge in [-0.25, -0.2) is 0 Å². The lowest BCUT2D eigenvalue weighted by atomic mass is 9.64. The molecule has 1 aliphatic rings. The van der Waals surface area contributed by atoms with Crippen molar-refractivity contribution in [3.05, 3.63) is 35.4 Å². The smallest absolute Gasteiger partial charge is 0.251 e. The number of hydrogen-bond donors (Lipinski definition) is 2. The molecule has 1 amide bonds. The van der Waals surface area contributed by atoms with Crippen LogP contribution < -0.4 is 11.1 Å². The first-order valence-electron chi connectivity index (χ1n) is 7.11. The SMILES string of the molecule is COC1CC(NC(=O)c2cccc(CCN)c2)C1(C)C. The van der Waals surface area contributed by atoms with Crippen molar-refractivity contribution in [1.29, 1.82) is 0 Å². The van der Waals surface area contributed by atoms with Crippen molar-refractivity contribution < 1.29 is 9.53 Å². The highest BCUT2D eigenvalue weighted by Gasteiger charge is 2.49. The molecule has 0 spiro atoms. The zero-order valence-corrected chi connectivity index (χ0v) is 12.5. The molecule has 0 aromatic heterocycles. The molecule has 2 rings (SSSR count). The Morgan fingerprint density at radius 3 is 2.85 bits per heavy atom. The van der Waals surface area contributed by atoms with Crippen molar-refractivity contribution >= 4 is 5.91 Å². The summed E-state index contributed by atoms with van der Waals surface area (Å²) in [6.45, 7) is 4.84. The van der Waals surface area contributed by atoms with Gasteiger partial charge in [0.15, 0.2) is 0 Å². The molecule has 4 nitrogen and oxygen atoms in total. The molecular formula is C16H24N2O2. The zero-order chi connectivity index (χ0) is 14.8. The fraction of sp³-hybridized carbons (Fsp3) is 0.562. The molecule has 1 saturated carbocycles. The van der Waals surface area contributed by atoms with Gasteiger partial charge in [0.05, 0.1) is 6.10 Å². The Balaban J connectivity index is 2.01. The number of ether oxygens (including phenoxy) is 1. The third-order valence-corrected chi connectivity index (χ3v) is 4.39. The van der Waals surface area contributed by atoms with Gasteiger partial charge in [0.2, 0.25) is 0 Å². The Bertz CT molecular complexity index is 485. The van der Waals surface area contributed by atoms with Crippen molar-refractivity contribution in [2.45, 2.75) is 38.8 Å². The maximum atomic E-state index is 12.3. The van der Waals surface area contributed by atoms with Crippen LogP contribution >= 0.6 is 0 Å². The maximum absolute atomic E-state index is 12.3. The van der Waals surface area contributed by atoms with E-state index in [1.165, 1.54) is 0 Å². The van der Waals surface area contributed by atoms with Crippen LogP contribution in [0.2, 0.25) is 0 Å². The molecule has 3 N–H and O–H groups in total. The number of methoxy groups -OCH3 is 1. The minimum absolute atomic E-state index is 0.0146. The highest BCUT2D eigenvalue weighted by atomic mass is 16.5. The minimum atomic E-state index is -0.0171. The first-order chi connectivity index (χ1) is 9.48. The molecule has 1 fully saturated rings. The van der Waals surface area contributed by atoms with Crippen LogP contribution in [0.5, 0.6) is 0 Å². The van der Waals surface area contributed by atoms with Crippen LogP contribution in [-0.2, 0) is 11.2 Å². The Labute approximate surface area is 120 Å². The van der Waals surface area contributed by atoms with Crippen LogP contribution in [0.15, 0.2) is 24.3 Å². The predicted octanol–water partition coefficient (Wildman–Crippen LogP) is 1.73. The Morgan fingerprint density at radius 1 is 1.50 bits per heavy atom. The molecule has 2 atom stereocenters. The second-order valence-electron chi connectivity index (χ2n) is 6.05. The lowest BCUT2D eigenvalue weighted by Crippen LogP contribution is -2.61. The van der Waals surface area contributed by atoms with E-state index in [0.717, 1.165) is 18.4 Å². The first-order valence-corrected chi connectivity index (χ1v) is 7.11. The number of nitrogens with two attached hydrogens (primary N) is 1. The van der Waals surface area contributed by atoms with Gasteiger partial charge >= 0.3 is 0 Å². The van der Waals surface area contributed by atoms with Gasteiger partial charge in [-0.15, -0.1) is 0 Å². The highest BCUT2D eigenvalue weighted by molar-refractivity contribution is 5.94. The molecule has 4 heteroatoms.